The topological polar surface area (TPSA) is 108 Å². The largest absolute Gasteiger partial charge is 0.462 e. The Bertz CT molecular complexity index is 787. The molecule has 0 bridgehead atoms. The molecule has 1 saturated carbocycles. The molecule has 4 atom stereocenters. The highest BCUT2D eigenvalue weighted by Gasteiger charge is 2.28. The van der Waals surface area contributed by atoms with Crippen LogP contribution < -0.4 is 5.32 Å². The first-order valence-corrected chi connectivity index (χ1v) is 11.4. The first kappa shape index (κ1) is 25.6. The summed E-state index contributed by atoms with van der Waals surface area (Å²) >= 11 is 0. The zero-order valence-corrected chi connectivity index (χ0v) is 19.8. The van der Waals surface area contributed by atoms with Crippen LogP contribution in [0.1, 0.15) is 72.3 Å². The van der Waals surface area contributed by atoms with Crippen LogP contribution >= 0.6 is 0 Å². The number of benzene rings is 1. The number of amides is 1. The molecule has 1 aromatic rings. The van der Waals surface area contributed by atoms with Gasteiger partial charge in [-0.3, -0.25) is 14.9 Å². The number of rotatable bonds is 8. The number of hydrogen-bond donors (Lipinski definition) is 1. The lowest BCUT2D eigenvalue weighted by Crippen LogP contribution is -2.42. The van der Waals surface area contributed by atoms with Crippen molar-refractivity contribution in [3.63, 3.8) is 0 Å². The predicted molar refractivity (Wildman–Crippen MR) is 121 cm³/mol. The lowest BCUT2D eigenvalue weighted by Gasteiger charge is -2.29. The van der Waals surface area contributed by atoms with E-state index < -0.39 is 22.5 Å². The van der Waals surface area contributed by atoms with Gasteiger partial charge >= 0.3 is 12.1 Å². The smallest absolute Gasteiger partial charge is 0.407 e. The molecule has 0 unspecified atom stereocenters. The number of hydrogen-bond acceptors (Lipinski definition) is 6. The number of nitro groups is 1. The lowest BCUT2D eigenvalue weighted by molar-refractivity contribution is -0.384. The average Bonchev–Trinajstić information content (AvgIpc) is 2.66. The van der Waals surface area contributed by atoms with Gasteiger partial charge in [0.05, 0.1) is 10.8 Å². The summed E-state index contributed by atoms with van der Waals surface area (Å²) in [6.07, 6.45) is 4.20. The van der Waals surface area contributed by atoms with Crippen LogP contribution in [0, 0.1) is 22.0 Å². The first-order chi connectivity index (χ1) is 14.9. The van der Waals surface area contributed by atoms with Crippen molar-refractivity contribution in [1.29, 1.82) is 0 Å². The highest BCUT2D eigenvalue weighted by Crippen LogP contribution is 2.27. The maximum atomic E-state index is 12.7. The minimum atomic E-state index is -0.649. The van der Waals surface area contributed by atoms with Crippen LogP contribution in [0.2, 0.25) is 0 Å². The summed E-state index contributed by atoms with van der Waals surface area (Å²) in [7, 11) is 0. The molecule has 0 radical (unpaired) electrons. The van der Waals surface area contributed by atoms with Crippen LogP contribution in [0.15, 0.2) is 24.3 Å². The van der Waals surface area contributed by atoms with Crippen molar-refractivity contribution in [2.45, 2.75) is 90.9 Å². The van der Waals surface area contributed by atoms with Gasteiger partial charge in [0.25, 0.3) is 5.69 Å². The van der Waals surface area contributed by atoms with Gasteiger partial charge in [0.15, 0.2) is 0 Å². The molecular formula is C24H36N2O6. The maximum Gasteiger partial charge on any atom is 0.407 e. The van der Waals surface area contributed by atoms with Gasteiger partial charge in [-0.05, 0) is 64.4 Å². The monoisotopic (exact) mass is 448 g/mol. The van der Waals surface area contributed by atoms with Crippen LogP contribution in [0.4, 0.5) is 10.5 Å². The Hall–Kier alpha value is -2.64. The number of non-ortho nitro benzene ring substituents is 1. The molecule has 1 amide bonds. The van der Waals surface area contributed by atoms with Crippen molar-refractivity contribution >= 4 is 17.7 Å². The van der Waals surface area contributed by atoms with Crippen molar-refractivity contribution < 1.29 is 24.0 Å². The van der Waals surface area contributed by atoms with Crippen LogP contribution in [-0.2, 0) is 20.7 Å². The second kappa shape index (κ2) is 11.3. The molecule has 0 saturated heterocycles. The van der Waals surface area contributed by atoms with Crippen LogP contribution in [0.3, 0.4) is 0 Å². The quantitative estimate of drug-likeness (QED) is 0.333. The van der Waals surface area contributed by atoms with Crippen molar-refractivity contribution in [2.75, 3.05) is 0 Å². The lowest BCUT2D eigenvalue weighted by atomic mass is 9.88. The number of nitrogens with one attached hydrogen (secondary N) is 1. The van der Waals surface area contributed by atoms with E-state index in [1.807, 2.05) is 0 Å². The summed E-state index contributed by atoms with van der Waals surface area (Å²) in [6.45, 7) is 9.32. The van der Waals surface area contributed by atoms with Crippen molar-refractivity contribution in [3.05, 3.63) is 39.9 Å². The Kier molecular flexibility index (Phi) is 9.04. The average molecular weight is 449 g/mol. The number of esters is 1. The molecule has 178 valence electrons. The summed E-state index contributed by atoms with van der Waals surface area (Å²) < 4.78 is 11.1. The summed E-state index contributed by atoms with van der Waals surface area (Å²) in [5.41, 5.74) is 0.173. The molecule has 0 aliphatic heterocycles. The van der Waals surface area contributed by atoms with Gasteiger partial charge in [-0.2, -0.15) is 0 Å². The fraction of sp³-hybridized carbons (Fsp3) is 0.667. The first-order valence-electron chi connectivity index (χ1n) is 11.4. The van der Waals surface area contributed by atoms with Gasteiger partial charge in [0, 0.05) is 18.2 Å². The van der Waals surface area contributed by atoms with Crippen LogP contribution in [0.25, 0.3) is 0 Å². The molecular weight excluding hydrogens is 412 g/mol. The Morgan fingerprint density at radius 3 is 2.44 bits per heavy atom. The van der Waals surface area contributed by atoms with E-state index in [0.717, 1.165) is 24.8 Å². The molecule has 1 aliphatic rings. The molecule has 0 aromatic heterocycles. The zero-order valence-electron chi connectivity index (χ0n) is 19.8. The van der Waals surface area contributed by atoms with Gasteiger partial charge in [-0.1, -0.05) is 32.4 Å². The summed E-state index contributed by atoms with van der Waals surface area (Å²) in [4.78, 5) is 35.5. The molecule has 1 aliphatic carbocycles. The standard InChI is InChI=1S/C24H36N2O6/c1-16-7-6-8-21(13-16)31-22(27)17(2)14-19(25-23(28)32-24(3,4)5)15-18-9-11-20(12-10-18)26(29)30/h9-12,16-17,19,21H,6-8,13-15H2,1-5H3,(H,25,28)/t16-,17+,19-,21+/m1/s1. The number of carbonyl (C=O) groups is 2. The predicted octanol–water partition coefficient (Wildman–Crippen LogP) is 5.18. The Morgan fingerprint density at radius 2 is 1.88 bits per heavy atom. The van der Waals surface area contributed by atoms with E-state index in [4.69, 9.17) is 9.47 Å². The summed E-state index contributed by atoms with van der Waals surface area (Å²) in [5.74, 6) is -0.116. The van der Waals surface area contributed by atoms with Gasteiger partial charge in [0.1, 0.15) is 11.7 Å². The Morgan fingerprint density at radius 1 is 1.22 bits per heavy atom. The molecule has 8 nitrogen and oxygen atoms in total. The molecule has 1 N–H and O–H groups in total. The molecule has 32 heavy (non-hydrogen) atoms. The van der Waals surface area contributed by atoms with Gasteiger partial charge < -0.3 is 14.8 Å². The normalized spacial score (nSPS) is 20.7. The third-order valence-corrected chi connectivity index (χ3v) is 5.56. The number of nitrogens with zero attached hydrogens (tertiary/aromatic N) is 1. The highest BCUT2D eigenvalue weighted by molar-refractivity contribution is 5.72. The molecule has 1 aromatic carbocycles. The Labute approximate surface area is 190 Å². The van der Waals surface area contributed by atoms with Crippen molar-refractivity contribution in [1.82, 2.24) is 5.32 Å². The maximum absolute atomic E-state index is 12.7. The summed E-state index contributed by atoms with van der Waals surface area (Å²) in [5, 5.41) is 13.8. The van der Waals surface area contributed by atoms with Crippen LogP contribution in [-0.4, -0.2) is 34.7 Å². The van der Waals surface area contributed by atoms with E-state index in [0.29, 0.717) is 18.8 Å². The van der Waals surface area contributed by atoms with E-state index in [2.05, 4.69) is 12.2 Å². The second-order valence-corrected chi connectivity index (χ2v) is 9.94. The minimum absolute atomic E-state index is 0.00376. The number of carbonyl (C=O) groups excluding carboxylic acids is 2. The van der Waals surface area contributed by atoms with E-state index >= 15 is 0 Å². The second-order valence-electron chi connectivity index (χ2n) is 9.94. The molecule has 2 rings (SSSR count). The van der Waals surface area contributed by atoms with Crippen molar-refractivity contribution in [3.8, 4) is 0 Å². The molecule has 0 spiro atoms. The molecule has 0 heterocycles. The Balaban J connectivity index is 2.04. The van der Waals surface area contributed by atoms with Crippen LogP contribution in [0.5, 0.6) is 0 Å². The fourth-order valence-corrected chi connectivity index (χ4v) is 3.99. The number of alkyl carbamates (subject to hydrolysis) is 1. The third kappa shape index (κ3) is 8.85. The molecule has 1 fully saturated rings. The van der Waals surface area contributed by atoms with Gasteiger partial charge in [-0.15, -0.1) is 0 Å². The minimum Gasteiger partial charge on any atom is -0.462 e. The van der Waals surface area contributed by atoms with E-state index in [9.17, 15) is 19.7 Å². The van der Waals surface area contributed by atoms with E-state index in [1.165, 1.54) is 18.6 Å². The highest BCUT2D eigenvalue weighted by atomic mass is 16.6. The third-order valence-electron chi connectivity index (χ3n) is 5.56. The number of nitro benzene ring substituents is 1. The fourth-order valence-electron chi connectivity index (χ4n) is 3.99. The van der Waals surface area contributed by atoms with Gasteiger partial charge in [0.2, 0.25) is 0 Å². The molecule has 8 heteroatoms. The van der Waals surface area contributed by atoms with Crippen molar-refractivity contribution in [2.24, 2.45) is 11.8 Å². The number of ether oxygens (including phenoxy) is 2. The van der Waals surface area contributed by atoms with E-state index in [1.54, 1.807) is 39.8 Å². The van der Waals surface area contributed by atoms with Gasteiger partial charge in [-0.25, -0.2) is 4.79 Å². The zero-order chi connectivity index (χ0) is 23.9. The SMILES string of the molecule is C[C@@H]1CCC[C@H](OC(=O)[C@@H](C)C[C@H](Cc2ccc([N+](=O)[O-])cc2)NC(=O)OC(C)(C)C)C1. The van der Waals surface area contributed by atoms with E-state index in [-0.39, 0.29) is 23.8 Å². The summed E-state index contributed by atoms with van der Waals surface area (Å²) in [6, 6.07) is 5.80.